The van der Waals surface area contributed by atoms with Crippen LogP contribution in [0.25, 0.3) is 0 Å². The summed E-state index contributed by atoms with van der Waals surface area (Å²) in [6.07, 6.45) is -5.82. The molecule has 2 heterocycles. The minimum absolute atomic E-state index is 0.0322. The minimum atomic E-state index is -4.80. The standard InChI is InChI=1S/C21H23ClF5N5O3S/c1-28-36(34,35)19-9-13(3-4-29-19)30-20(33)14-10-16(22)15(21(25,26)27)11-17(14)32-6-2-5-31(7-8-32)12-18(23)24/h3-4,9-11,18,28H,2,5-8,12H2,1H3,(H,29,30,33). The van der Waals surface area contributed by atoms with Crippen LogP contribution in [-0.4, -0.2) is 70.4 Å². The van der Waals surface area contributed by atoms with Crippen LogP contribution in [0.4, 0.5) is 33.3 Å². The van der Waals surface area contributed by atoms with Crippen molar-refractivity contribution in [2.75, 3.05) is 50.0 Å². The maximum Gasteiger partial charge on any atom is 0.417 e. The van der Waals surface area contributed by atoms with Crippen molar-refractivity contribution in [1.82, 2.24) is 14.6 Å². The summed E-state index contributed by atoms with van der Waals surface area (Å²) >= 11 is 5.88. The van der Waals surface area contributed by atoms with Crippen molar-refractivity contribution >= 4 is 38.9 Å². The molecule has 0 atom stereocenters. The van der Waals surface area contributed by atoms with E-state index in [-0.39, 0.29) is 41.6 Å². The van der Waals surface area contributed by atoms with Crippen LogP contribution in [0.5, 0.6) is 0 Å². The number of hydrogen-bond acceptors (Lipinski definition) is 6. The number of rotatable bonds is 7. The van der Waals surface area contributed by atoms with E-state index in [4.69, 9.17) is 11.6 Å². The summed E-state index contributed by atoms with van der Waals surface area (Å²) in [4.78, 5) is 19.9. The number of hydrogen-bond donors (Lipinski definition) is 2. The molecule has 1 fully saturated rings. The first-order valence-corrected chi connectivity index (χ1v) is 12.5. The van der Waals surface area contributed by atoms with Gasteiger partial charge in [-0.15, -0.1) is 0 Å². The van der Waals surface area contributed by atoms with Crippen molar-refractivity contribution in [3.63, 3.8) is 0 Å². The molecule has 1 saturated heterocycles. The Balaban J connectivity index is 1.97. The molecular weight excluding hydrogens is 533 g/mol. The van der Waals surface area contributed by atoms with Gasteiger partial charge in [-0.3, -0.25) is 9.69 Å². The Kier molecular flexibility index (Phi) is 8.75. The molecule has 3 rings (SSSR count). The van der Waals surface area contributed by atoms with Gasteiger partial charge in [0.15, 0.2) is 5.03 Å². The van der Waals surface area contributed by atoms with Gasteiger partial charge in [-0.25, -0.2) is 26.9 Å². The van der Waals surface area contributed by atoms with Gasteiger partial charge in [-0.2, -0.15) is 13.2 Å². The zero-order chi connectivity index (χ0) is 26.7. The summed E-state index contributed by atoms with van der Waals surface area (Å²) in [6.45, 7) is 0.340. The molecule has 0 aliphatic carbocycles. The smallest absolute Gasteiger partial charge is 0.370 e. The van der Waals surface area contributed by atoms with Crippen LogP contribution >= 0.6 is 11.6 Å². The Bertz CT molecular complexity index is 1210. The summed E-state index contributed by atoms with van der Waals surface area (Å²) < 4.78 is 92.5. The molecule has 1 amide bonds. The molecule has 1 aromatic heterocycles. The number of nitrogens with one attached hydrogen (secondary N) is 2. The Morgan fingerprint density at radius 2 is 1.89 bits per heavy atom. The lowest BCUT2D eigenvalue weighted by molar-refractivity contribution is -0.137. The van der Waals surface area contributed by atoms with Crippen LogP contribution in [0.2, 0.25) is 5.02 Å². The molecular formula is C21H23ClF5N5O3S. The van der Waals surface area contributed by atoms with Gasteiger partial charge >= 0.3 is 6.18 Å². The van der Waals surface area contributed by atoms with Gasteiger partial charge in [0, 0.05) is 44.1 Å². The molecule has 2 aromatic rings. The predicted molar refractivity (Wildman–Crippen MR) is 124 cm³/mol. The van der Waals surface area contributed by atoms with Crippen molar-refractivity contribution in [2.24, 2.45) is 0 Å². The lowest BCUT2D eigenvalue weighted by atomic mass is 10.1. The van der Waals surface area contributed by atoms with Crippen LogP contribution in [0.3, 0.4) is 0 Å². The van der Waals surface area contributed by atoms with E-state index in [0.29, 0.717) is 13.0 Å². The molecule has 0 bridgehead atoms. The monoisotopic (exact) mass is 555 g/mol. The van der Waals surface area contributed by atoms with E-state index >= 15 is 0 Å². The van der Waals surface area contributed by atoms with Crippen molar-refractivity contribution < 1.29 is 35.2 Å². The van der Waals surface area contributed by atoms with Gasteiger partial charge in [-0.1, -0.05) is 11.6 Å². The number of anilines is 2. The summed E-state index contributed by atoms with van der Waals surface area (Å²) in [6, 6.07) is 4.06. The van der Waals surface area contributed by atoms with Gasteiger partial charge in [0.2, 0.25) is 0 Å². The first-order chi connectivity index (χ1) is 16.8. The number of aromatic nitrogens is 1. The van der Waals surface area contributed by atoms with Crippen LogP contribution in [0.15, 0.2) is 35.5 Å². The summed E-state index contributed by atoms with van der Waals surface area (Å²) in [5.41, 5.74) is -1.37. The molecule has 15 heteroatoms. The van der Waals surface area contributed by atoms with Gasteiger partial charge in [0.25, 0.3) is 22.4 Å². The highest BCUT2D eigenvalue weighted by Gasteiger charge is 2.36. The van der Waals surface area contributed by atoms with Gasteiger partial charge in [0.05, 0.1) is 28.4 Å². The predicted octanol–water partition coefficient (Wildman–Crippen LogP) is 3.69. The number of amides is 1. The number of carbonyl (C=O) groups excluding carboxylic acids is 1. The molecule has 198 valence electrons. The highest BCUT2D eigenvalue weighted by Crippen LogP contribution is 2.39. The number of carbonyl (C=O) groups is 1. The van der Waals surface area contributed by atoms with Crippen molar-refractivity contribution in [3.8, 4) is 0 Å². The van der Waals surface area contributed by atoms with E-state index in [1.54, 1.807) is 0 Å². The molecule has 1 aromatic carbocycles. The van der Waals surface area contributed by atoms with Crippen molar-refractivity contribution in [1.29, 1.82) is 0 Å². The highest BCUT2D eigenvalue weighted by atomic mass is 35.5. The number of halogens is 6. The molecule has 36 heavy (non-hydrogen) atoms. The first-order valence-electron chi connectivity index (χ1n) is 10.7. The number of alkyl halides is 5. The maximum atomic E-state index is 13.6. The summed E-state index contributed by atoms with van der Waals surface area (Å²) in [7, 11) is -2.74. The van der Waals surface area contributed by atoms with Crippen LogP contribution in [0.1, 0.15) is 22.3 Å². The zero-order valence-corrected chi connectivity index (χ0v) is 20.5. The normalized spacial score (nSPS) is 15.7. The summed E-state index contributed by atoms with van der Waals surface area (Å²) in [5.74, 6) is -0.840. The second kappa shape index (κ2) is 11.2. The first kappa shape index (κ1) is 28.0. The molecule has 0 saturated carbocycles. The van der Waals surface area contributed by atoms with E-state index in [9.17, 15) is 35.2 Å². The summed E-state index contributed by atoms with van der Waals surface area (Å²) in [5, 5.41) is 1.39. The van der Waals surface area contributed by atoms with Gasteiger partial charge in [-0.05, 0) is 31.7 Å². The largest absolute Gasteiger partial charge is 0.417 e. The third-order valence-electron chi connectivity index (χ3n) is 5.50. The van der Waals surface area contributed by atoms with E-state index in [1.165, 1.54) is 22.9 Å². The molecule has 8 nitrogen and oxygen atoms in total. The van der Waals surface area contributed by atoms with Crippen molar-refractivity contribution in [3.05, 3.63) is 46.6 Å². The van der Waals surface area contributed by atoms with E-state index in [2.05, 4.69) is 15.0 Å². The molecule has 1 aliphatic rings. The Morgan fingerprint density at radius 1 is 1.17 bits per heavy atom. The SMILES string of the molecule is CNS(=O)(=O)c1cc(NC(=O)c2cc(Cl)c(C(F)(F)F)cc2N2CCCN(CC(F)F)CC2)ccn1. The van der Waals surface area contributed by atoms with E-state index in [1.807, 2.05) is 0 Å². The van der Waals surface area contributed by atoms with E-state index < -0.39 is 45.7 Å². The van der Waals surface area contributed by atoms with Gasteiger partial charge < -0.3 is 10.2 Å². The topological polar surface area (TPSA) is 94.6 Å². The fourth-order valence-electron chi connectivity index (χ4n) is 3.75. The molecule has 1 aliphatic heterocycles. The highest BCUT2D eigenvalue weighted by molar-refractivity contribution is 7.89. The Morgan fingerprint density at radius 3 is 2.53 bits per heavy atom. The molecule has 0 spiro atoms. The van der Waals surface area contributed by atoms with Gasteiger partial charge in [0.1, 0.15) is 0 Å². The average Bonchev–Trinajstić information content (AvgIpc) is 3.03. The number of pyridine rings is 1. The fourth-order valence-corrected chi connectivity index (χ4v) is 4.71. The van der Waals surface area contributed by atoms with Crippen molar-refractivity contribution in [2.45, 2.75) is 24.0 Å². The minimum Gasteiger partial charge on any atom is -0.370 e. The number of sulfonamides is 1. The maximum absolute atomic E-state index is 13.6. The Hall–Kier alpha value is -2.55. The van der Waals surface area contributed by atoms with Crippen LogP contribution in [-0.2, 0) is 16.2 Å². The lowest BCUT2D eigenvalue weighted by Crippen LogP contribution is -2.34. The second-order valence-corrected chi connectivity index (χ2v) is 10.2. The zero-order valence-electron chi connectivity index (χ0n) is 18.9. The Labute approximate surface area is 209 Å². The van der Waals surface area contributed by atoms with Crippen LogP contribution < -0.4 is 14.9 Å². The van der Waals surface area contributed by atoms with E-state index in [0.717, 1.165) is 24.4 Å². The van der Waals surface area contributed by atoms with Crippen LogP contribution in [0, 0.1) is 0 Å². The third kappa shape index (κ3) is 6.81. The third-order valence-corrected chi connectivity index (χ3v) is 7.12. The second-order valence-electron chi connectivity index (χ2n) is 7.92. The average molecular weight is 556 g/mol. The quantitative estimate of drug-likeness (QED) is 0.506. The number of nitrogens with zero attached hydrogens (tertiary/aromatic N) is 3. The lowest BCUT2D eigenvalue weighted by Gasteiger charge is -2.27. The molecule has 0 unspecified atom stereocenters. The number of benzene rings is 1. The molecule has 2 N–H and O–H groups in total. The molecule has 0 radical (unpaired) electrons. The fraction of sp³-hybridized carbons (Fsp3) is 0.429.